The van der Waals surface area contributed by atoms with Gasteiger partial charge in [0.1, 0.15) is 5.82 Å². The van der Waals surface area contributed by atoms with Crippen molar-refractivity contribution in [3.05, 3.63) is 5.82 Å². The molecule has 2 atom stereocenters. The number of aryl methyl sites for hydroxylation is 1. The monoisotopic (exact) mass is 226 g/mol. The third kappa shape index (κ3) is 2.72. The van der Waals surface area contributed by atoms with Gasteiger partial charge >= 0.3 is 0 Å². The first-order valence-corrected chi connectivity index (χ1v) is 6.40. The number of hydrogen-bond donors (Lipinski definition) is 2. The Morgan fingerprint density at radius 2 is 2.20 bits per heavy atom. The average molecular weight is 226 g/mol. The van der Waals surface area contributed by atoms with Gasteiger partial charge in [-0.2, -0.15) is 0 Å². The maximum absolute atomic E-state index is 4.34. The van der Waals surface area contributed by atoms with Crippen molar-refractivity contribution in [1.29, 1.82) is 0 Å². The molecule has 0 radical (unpaired) electrons. The van der Waals surface area contributed by atoms with Crippen LogP contribution in [0.4, 0.5) is 0 Å². The molecule has 0 amide bonds. The van der Waals surface area contributed by atoms with E-state index < -0.39 is 0 Å². The highest BCUT2D eigenvalue weighted by Gasteiger charge is 2.25. The van der Waals surface area contributed by atoms with Crippen LogP contribution < -0.4 is 5.32 Å². The molecule has 0 aromatic carbocycles. The van der Waals surface area contributed by atoms with Crippen molar-refractivity contribution in [3.8, 4) is 0 Å². The fraction of sp³-hybridized carbons (Fsp3) is 0.800. The molecule has 15 heavy (non-hydrogen) atoms. The van der Waals surface area contributed by atoms with E-state index in [0.29, 0.717) is 11.3 Å². The molecule has 5 heteroatoms. The number of nitrogens with one attached hydrogen (secondary N) is 2. The first-order valence-electron chi connectivity index (χ1n) is 5.52. The van der Waals surface area contributed by atoms with E-state index in [1.54, 1.807) is 11.8 Å². The summed E-state index contributed by atoms with van der Waals surface area (Å²) < 4.78 is 0. The van der Waals surface area contributed by atoms with E-state index in [9.17, 15) is 0 Å². The molecule has 1 fully saturated rings. The van der Waals surface area contributed by atoms with Crippen LogP contribution in [-0.4, -0.2) is 33.5 Å². The molecule has 0 aliphatic heterocycles. The maximum atomic E-state index is 4.34. The zero-order chi connectivity index (χ0) is 10.7. The van der Waals surface area contributed by atoms with Gasteiger partial charge < -0.3 is 5.32 Å². The van der Waals surface area contributed by atoms with Crippen LogP contribution in [0.3, 0.4) is 0 Å². The fourth-order valence-electron chi connectivity index (χ4n) is 2.08. The summed E-state index contributed by atoms with van der Waals surface area (Å²) in [5, 5.41) is 12.0. The summed E-state index contributed by atoms with van der Waals surface area (Å²) in [6.45, 7) is 1.94. The van der Waals surface area contributed by atoms with Gasteiger partial charge in [0, 0.05) is 11.3 Å². The quantitative estimate of drug-likeness (QED) is 0.824. The minimum Gasteiger partial charge on any atom is -0.316 e. The molecule has 1 aromatic heterocycles. The number of thioether (sulfide) groups is 1. The zero-order valence-corrected chi connectivity index (χ0v) is 10.1. The van der Waals surface area contributed by atoms with Gasteiger partial charge in [0.25, 0.3) is 0 Å². The standard InChI is InChI=1S/C10H18N4S/c1-7-12-10(14-13-7)15-9-6-4-3-5-8(9)11-2/h8-9,11H,3-6H2,1-2H3,(H,12,13,14). The Morgan fingerprint density at radius 1 is 1.40 bits per heavy atom. The molecule has 0 spiro atoms. The van der Waals surface area contributed by atoms with Crippen molar-refractivity contribution in [2.24, 2.45) is 0 Å². The number of aromatic nitrogens is 3. The molecule has 1 heterocycles. The molecule has 1 aliphatic rings. The Hall–Kier alpha value is -0.550. The predicted molar refractivity (Wildman–Crippen MR) is 62.1 cm³/mol. The Bertz CT molecular complexity index is 312. The van der Waals surface area contributed by atoms with Crippen LogP contribution >= 0.6 is 11.8 Å². The molecule has 1 saturated carbocycles. The van der Waals surface area contributed by atoms with E-state index in [-0.39, 0.29) is 0 Å². The van der Waals surface area contributed by atoms with Gasteiger partial charge in [0.2, 0.25) is 5.16 Å². The van der Waals surface area contributed by atoms with Crippen LogP contribution in [0.25, 0.3) is 0 Å². The lowest BCUT2D eigenvalue weighted by Crippen LogP contribution is -2.38. The molecule has 2 N–H and O–H groups in total. The van der Waals surface area contributed by atoms with Crippen molar-refractivity contribution in [2.45, 2.75) is 49.1 Å². The summed E-state index contributed by atoms with van der Waals surface area (Å²) >= 11 is 1.80. The molecule has 4 nitrogen and oxygen atoms in total. The molecule has 2 rings (SSSR count). The van der Waals surface area contributed by atoms with E-state index in [0.717, 1.165) is 11.0 Å². The van der Waals surface area contributed by atoms with E-state index in [2.05, 4.69) is 20.5 Å². The van der Waals surface area contributed by atoms with Crippen molar-refractivity contribution in [2.75, 3.05) is 7.05 Å². The molecular weight excluding hydrogens is 208 g/mol. The number of H-pyrrole nitrogens is 1. The highest BCUT2D eigenvalue weighted by molar-refractivity contribution is 7.99. The average Bonchev–Trinajstić information content (AvgIpc) is 2.65. The van der Waals surface area contributed by atoms with E-state index in [4.69, 9.17) is 0 Å². The van der Waals surface area contributed by atoms with Crippen LogP contribution in [0.15, 0.2) is 5.16 Å². The van der Waals surface area contributed by atoms with Gasteiger partial charge in [0.05, 0.1) is 0 Å². The van der Waals surface area contributed by atoms with E-state index in [1.807, 2.05) is 14.0 Å². The summed E-state index contributed by atoms with van der Waals surface area (Å²) in [4.78, 5) is 4.34. The van der Waals surface area contributed by atoms with Gasteiger partial charge in [0.15, 0.2) is 0 Å². The summed E-state index contributed by atoms with van der Waals surface area (Å²) in [6, 6.07) is 0.613. The largest absolute Gasteiger partial charge is 0.316 e. The maximum Gasteiger partial charge on any atom is 0.208 e. The Morgan fingerprint density at radius 3 is 2.87 bits per heavy atom. The minimum absolute atomic E-state index is 0.613. The summed E-state index contributed by atoms with van der Waals surface area (Å²) in [6.07, 6.45) is 5.22. The Balaban J connectivity index is 1.97. The molecule has 84 valence electrons. The van der Waals surface area contributed by atoms with Gasteiger partial charge in [-0.1, -0.05) is 24.6 Å². The highest BCUT2D eigenvalue weighted by atomic mass is 32.2. The Kier molecular flexibility index (Phi) is 3.64. The predicted octanol–water partition coefficient (Wildman–Crippen LogP) is 1.74. The van der Waals surface area contributed by atoms with E-state index in [1.165, 1.54) is 25.7 Å². The second-order valence-electron chi connectivity index (χ2n) is 4.04. The lowest BCUT2D eigenvalue weighted by Gasteiger charge is -2.29. The van der Waals surface area contributed by atoms with Crippen LogP contribution in [0, 0.1) is 6.92 Å². The van der Waals surface area contributed by atoms with Crippen LogP contribution in [0.2, 0.25) is 0 Å². The zero-order valence-electron chi connectivity index (χ0n) is 9.29. The topological polar surface area (TPSA) is 53.6 Å². The van der Waals surface area contributed by atoms with E-state index >= 15 is 0 Å². The Labute approximate surface area is 94.6 Å². The molecule has 0 saturated heterocycles. The summed E-state index contributed by atoms with van der Waals surface area (Å²) in [5.41, 5.74) is 0. The number of hydrogen-bond acceptors (Lipinski definition) is 4. The first kappa shape index (κ1) is 11.0. The third-order valence-electron chi connectivity index (χ3n) is 2.91. The molecule has 1 aromatic rings. The van der Waals surface area contributed by atoms with Crippen molar-refractivity contribution >= 4 is 11.8 Å². The fourth-order valence-corrected chi connectivity index (χ4v) is 3.36. The van der Waals surface area contributed by atoms with Gasteiger partial charge in [-0.05, 0) is 26.8 Å². The second kappa shape index (κ2) is 4.99. The minimum atomic E-state index is 0.613. The summed E-state index contributed by atoms with van der Waals surface area (Å²) in [7, 11) is 2.05. The van der Waals surface area contributed by atoms with Crippen LogP contribution in [0.5, 0.6) is 0 Å². The molecule has 2 unspecified atom stereocenters. The summed E-state index contributed by atoms with van der Waals surface area (Å²) in [5.74, 6) is 0.898. The molecule has 0 bridgehead atoms. The van der Waals surface area contributed by atoms with Crippen molar-refractivity contribution < 1.29 is 0 Å². The lowest BCUT2D eigenvalue weighted by atomic mass is 9.95. The molecular formula is C10H18N4S. The van der Waals surface area contributed by atoms with Gasteiger partial charge in [-0.3, -0.25) is 5.10 Å². The van der Waals surface area contributed by atoms with Gasteiger partial charge in [-0.25, -0.2) is 4.98 Å². The lowest BCUT2D eigenvalue weighted by molar-refractivity contribution is 0.405. The van der Waals surface area contributed by atoms with Gasteiger partial charge in [-0.15, -0.1) is 5.10 Å². The van der Waals surface area contributed by atoms with Crippen molar-refractivity contribution in [1.82, 2.24) is 20.5 Å². The third-order valence-corrected chi connectivity index (χ3v) is 4.17. The number of nitrogens with zero attached hydrogens (tertiary/aromatic N) is 2. The number of rotatable bonds is 3. The first-order chi connectivity index (χ1) is 7.29. The van der Waals surface area contributed by atoms with Crippen molar-refractivity contribution in [3.63, 3.8) is 0 Å². The van der Waals surface area contributed by atoms with Crippen LogP contribution in [-0.2, 0) is 0 Å². The number of aromatic amines is 1. The SMILES string of the molecule is CNC1CCCCC1Sc1n[nH]c(C)n1. The molecule has 1 aliphatic carbocycles. The van der Waals surface area contributed by atoms with Crippen LogP contribution in [0.1, 0.15) is 31.5 Å². The second-order valence-corrected chi connectivity index (χ2v) is 5.25. The normalized spacial score (nSPS) is 26.8. The highest BCUT2D eigenvalue weighted by Crippen LogP contribution is 2.31. The smallest absolute Gasteiger partial charge is 0.208 e.